The first-order chi connectivity index (χ1) is 13.0. The summed E-state index contributed by atoms with van der Waals surface area (Å²) in [6.07, 6.45) is 0.229. The molecule has 0 saturated heterocycles. The summed E-state index contributed by atoms with van der Waals surface area (Å²) in [6, 6.07) is 6.52. The number of fused-ring (bicyclic) bond motifs is 1. The largest absolute Gasteiger partial charge is 0.486 e. The lowest BCUT2D eigenvalue weighted by atomic mass is 10.0. The van der Waals surface area contributed by atoms with Gasteiger partial charge in [0, 0.05) is 18.4 Å². The highest BCUT2D eigenvalue weighted by Crippen LogP contribution is 2.31. The van der Waals surface area contributed by atoms with Crippen LogP contribution in [0.1, 0.15) is 29.6 Å². The van der Waals surface area contributed by atoms with Crippen molar-refractivity contribution in [2.45, 2.75) is 19.3 Å². The van der Waals surface area contributed by atoms with E-state index in [-0.39, 0.29) is 25.0 Å². The fourth-order valence-corrected chi connectivity index (χ4v) is 2.61. The maximum Gasteiger partial charge on any atom is 0.224 e. The monoisotopic (exact) mass is 379 g/mol. The lowest BCUT2D eigenvalue weighted by molar-refractivity contribution is -0.116. The van der Waals surface area contributed by atoms with Gasteiger partial charge in [-0.25, -0.2) is 13.2 Å². The molecule has 1 aliphatic rings. The average Bonchev–Trinajstić information content (AvgIpc) is 2.68. The number of rotatable bonds is 6. The summed E-state index contributed by atoms with van der Waals surface area (Å²) in [6.45, 7) is 0.860. The fraction of sp³-hybridized carbons (Fsp3) is 0.263. The Bertz CT molecular complexity index is 885. The van der Waals surface area contributed by atoms with E-state index in [0.717, 1.165) is 12.1 Å². The number of hydrogen-bond acceptors (Lipinski definition) is 4. The molecule has 0 aromatic heterocycles. The Hall–Kier alpha value is -3.03. The van der Waals surface area contributed by atoms with E-state index in [1.807, 2.05) is 0 Å². The zero-order valence-corrected chi connectivity index (χ0v) is 14.2. The molecule has 2 aromatic carbocycles. The van der Waals surface area contributed by atoms with Crippen LogP contribution in [0.4, 0.5) is 18.9 Å². The predicted octanol–water partition coefficient (Wildman–Crippen LogP) is 3.87. The molecule has 142 valence electrons. The van der Waals surface area contributed by atoms with Gasteiger partial charge in [0.1, 0.15) is 13.2 Å². The maximum atomic E-state index is 13.5. The number of ketones is 1. The van der Waals surface area contributed by atoms with Crippen molar-refractivity contribution in [3.05, 3.63) is 53.3 Å². The Morgan fingerprint density at radius 1 is 0.926 bits per heavy atom. The van der Waals surface area contributed by atoms with E-state index >= 15 is 0 Å². The van der Waals surface area contributed by atoms with E-state index in [2.05, 4.69) is 5.32 Å². The van der Waals surface area contributed by atoms with Crippen molar-refractivity contribution in [1.82, 2.24) is 0 Å². The Kier molecular flexibility index (Phi) is 5.63. The van der Waals surface area contributed by atoms with E-state index < -0.39 is 29.0 Å². The topological polar surface area (TPSA) is 64.6 Å². The third-order valence-corrected chi connectivity index (χ3v) is 3.98. The van der Waals surface area contributed by atoms with E-state index in [4.69, 9.17) is 9.47 Å². The molecule has 2 aromatic rings. The molecule has 0 fully saturated rings. The van der Waals surface area contributed by atoms with Crippen molar-refractivity contribution in [2.24, 2.45) is 0 Å². The van der Waals surface area contributed by atoms with Gasteiger partial charge >= 0.3 is 0 Å². The van der Waals surface area contributed by atoms with E-state index in [1.165, 1.54) is 0 Å². The standard InChI is InChI=1S/C19H16F3NO4/c20-12-5-6-13(19(22)18(12)21)23-17(25)3-1-2-14(24)11-4-7-15-16(10-11)27-9-8-26-15/h4-7,10H,1-3,8-9H2,(H,23,25). The van der Waals surface area contributed by atoms with E-state index in [1.54, 1.807) is 18.2 Å². The molecule has 27 heavy (non-hydrogen) atoms. The van der Waals surface area contributed by atoms with Gasteiger partial charge in [0.25, 0.3) is 0 Å². The molecule has 1 N–H and O–H groups in total. The van der Waals surface area contributed by atoms with Gasteiger partial charge < -0.3 is 14.8 Å². The summed E-state index contributed by atoms with van der Waals surface area (Å²) in [5.41, 5.74) is -0.0108. The van der Waals surface area contributed by atoms with Crippen LogP contribution in [-0.2, 0) is 4.79 Å². The average molecular weight is 379 g/mol. The van der Waals surface area contributed by atoms with Gasteiger partial charge in [-0.1, -0.05) is 0 Å². The molecule has 0 spiro atoms. The molecule has 0 radical (unpaired) electrons. The summed E-state index contributed by atoms with van der Waals surface area (Å²) in [7, 11) is 0. The van der Waals surface area contributed by atoms with Gasteiger partial charge in [-0.3, -0.25) is 9.59 Å². The molecule has 0 saturated carbocycles. The Labute approximate surface area is 153 Å². The van der Waals surface area contributed by atoms with Crippen LogP contribution in [0.3, 0.4) is 0 Å². The zero-order chi connectivity index (χ0) is 19.4. The summed E-state index contributed by atoms with van der Waals surface area (Å²) >= 11 is 0. The lowest BCUT2D eigenvalue weighted by Gasteiger charge is -2.18. The number of anilines is 1. The Morgan fingerprint density at radius 2 is 1.67 bits per heavy atom. The second-order valence-electron chi connectivity index (χ2n) is 5.91. The third-order valence-electron chi connectivity index (χ3n) is 3.98. The molecule has 1 aliphatic heterocycles. The van der Waals surface area contributed by atoms with Gasteiger partial charge in [0.05, 0.1) is 5.69 Å². The second-order valence-corrected chi connectivity index (χ2v) is 5.91. The summed E-state index contributed by atoms with van der Waals surface area (Å²) < 4.78 is 50.3. The number of carbonyl (C=O) groups is 2. The van der Waals surface area contributed by atoms with Gasteiger partial charge in [-0.05, 0) is 36.8 Å². The molecule has 0 aliphatic carbocycles. The Morgan fingerprint density at radius 3 is 2.44 bits per heavy atom. The number of amides is 1. The van der Waals surface area contributed by atoms with Crippen LogP contribution in [0.2, 0.25) is 0 Å². The fourth-order valence-electron chi connectivity index (χ4n) is 2.61. The minimum Gasteiger partial charge on any atom is -0.486 e. The first-order valence-corrected chi connectivity index (χ1v) is 8.32. The molecule has 3 rings (SSSR count). The van der Waals surface area contributed by atoms with Crippen molar-refractivity contribution < 1.29 is 32.2 Å². The van der Waals surface area contributed by atoms with Crippen LogP contribution >= 0.6 is 0 Å². The quantitative estimate of drug-likeness (QED) is 0.611. The molecular weight excluding hydrogens is 363 g/mol. The number of carbonyl (C=O) groups excluding carboxylic acids is 2. The van der Waals surface area contributed by atoms with Crippen molar-refractivity contribution in [2.75, 3.05) is 18.5 Å². The molecule has 1 heterocycles. The number of nitrogens with one attached hydrogen (secondary N) is 1. The van der Waals surface area contributed by atoms with Gasteiger partial charge in [-0.2, -0.15) is 0 Å². The van der Waals surface area contributed by atoms with Crippen molar-refractivity contribution in [3.8, 4) is 11.5 Å². The van der Waals surface area contributed by atoms with Crippen LogP contribution in [0.5, 0.6) is 11.5 Å². The molecule has 8 heteroatoms. The lowest BCUT2D eigenvalue weighted by Crippen LogP contribution is -2.16. The summed E-state index contributed by atoms with van der Waals surface area (Å²) in [5.74, 6) is -4.16. The maximum absolute atomic E-state index is 13.5. The highest BCUT2D eigenvalue weighted by atomic mass is 19.2. The highest BCUT2D eigenvalue weighted by Gasteiger charge is 2.17. The number of hydrogen-bond donors (Lipinski definition) is 1. The number of ether oxygens (including phenoxy) is 2. The molecular formula is C19H16F3NO4. The van der Waals surface area contributed by atoms with Crippen LogP contribution < -0.4 is 14.8 Å². The molecule has 0 atom stereocenters. The summed E-state index contributed by atoms with van der Waals surface area (Å²) in [4.78, 5) is 24.1. The number of Topliss-reactive ketones (excluding diaryl/α,β-unsaturated/α-hetero) is 1. The SMILES string of the molecule is O=C(CCCC(=O)c1ccc2c(c1)OCCO2)Nc1ccc(F)c(F)c1F. The third kappa shape index (κ3) is 4.39. The van der Waals surface area contributed by atoms with Crippen molar-refractivity contribution >= 4 is 17.4 Å². The minimum atomic E-state index is -1.65. The molecule has 0 bridgehead atoms. The number of halogens is 3. The normalized spacial score (nSPS) is 12.6. The number of benzene rings is 2. The first-order valence-electron chi connectivity index (χ1n) is 8.32. The van der Waals surface area contributed by atoms with E-state index in [9.17, 15) is 22.8 Å². The molecule has 1 amide bonds. The highest BCUT2D eigenvalue weighted by molar-refractivity contribution is 5.97. The van der Waals surface area contributed by atoms with Crippen LogP contribution in [0.15, 0.2) is 30.3 Å². The van der Waals surface area contributed by atoms with Gasteiger partial charge in [0.15, 0.2) is 34.7 Å². The smallest absolute Gasteiger partial charge is 0.224 e. The van der Waals surface area contributed by atoms with Gasteiger partial charge in [0.2, 0.25) is 5.91 Å². The molecule has 5 nitrogen and oxygen atoms in total. The van der Waals surface area contributed by atoms with Crippen molar-refractivity contribution in [3.63, 3.8) is 0 Å². The van der Waals surface area contributed by atoms with Crippen LogP contribution in [0.25, 0.3) is 0 Å². The predicted molar refractivity (Wildman–Crippen MR) is 90.6 cm³/mol. The van der Waals surface area contributed by atoms with Crippen LogP contribution in [0, 0.1) is 17.5 Å². The minimum absolute atomic E-state index is 0.0747. The Balaban J connectivity index is 1.51. The van der Waals surface area contributed by atoms with Crippen LogP contribution in [-0.4, -0.2) is 24.9 Å². The van der Waals surface area contributed by atoms with Crippen molar-refractivity contribution in [1.29, 1.82) is 0 Å². The second kappa shape index (κ2) is 8.11. The van der Waals surface area contributed by atoms with Gasteiger partial charge in [-0.15, -0.1) is 0 Å². The van der Waals surface area contributed by atoms with E-state index in [0.29, 0.717) is 30.3 Å². The summed E-state index contributed by atoms with van der Waals surface area (Å²) in [5, 5.41) is 2.16. The first kappa shape index (κ1) is 18.8. The zero-order valence-electron chi connectivity index (χ0n) is 14.2. The molecule has 0 unspecified atom stereocenters.